The summed E-state index contributed by atoms with van der Waals surface area (Å²) in [6.45, 7) is 0. The highest BCUT2D eigenvalue weighted by Crippen LogP contribution is 2.33. The van der Waals surface area contributed by atoms with Gasteiger partial charge in [0.05, 0.1) is 11.4 Å². The number of carbonyl (C=O) groups excluding carboxylic acids is 2. The second kappa shape index (κ2) is 6.32. The molecule has 2 N–H and O–H groups in total. The monoisotopic (exact) mass is 318 g/mol. The van der Waals surface area contributed by atoms with Crippen molar-refractivity contribution in [2.45, 2.75) is 17.7 Å². The van der Waals surface area contributed by atoms with Crippen LogP contribution in [0.5, 0.6) is 0 Å². The first kappa shape index (κ1) is 14.2. The summed E-state index contributed by atoms with van der Waals surface area (Å²) in [6, 6.07) is 9.62. The first-order chi connectivity index (χ1) is 10.2. The summed E-state index contributed by atoms with van der Waals surface area (Å²) < 4.78 is 0. The number of fused-ring (bicyclic) bond motifs is 1. The van der Waals surface area contributed by atoms with Gasteiger partial charge in [0.1, 0.15) is 0 Å². The molecule has 0 atom stereocenters. The van der Waals surface area contributed by atoms with Crippen LogP contribution in [0.2, 0.25) is 0 Å². The number of carbonyl (C=O) groups is 2. The Morgan fingerprint density at radius 3 is 3.05 bits per heavy atom. The number of thiophene rings is 1. The number of anilines is 2. The fourth-order valence-corrected chi connectivity index (χ4v) is 3.57. The van der Waals surface area contributed by atoms with Crippen LogP contribution < -0.4 is 10.6 Å². The van der Waals surface area contributed by atoms with Gasteiger partial charge in [0, 0.05) is 21.9 Å². The van der Waals surface area contributed by atoms with Crippen LogP contribution in [0.25, 0.3) is 0 Å². The van der Waals surface area contributed by atoms with E-state index >= 15 is 0 Å². The molecule has 21 heavy (non-hydrogen) atoms. The van der Waals surface area contributed by atoms with Gasteiger partial charge in [0.2, 0.25) is 11.8 Å². The van der Waals surface area contributed by atoms with E-state index in [9.17, 15) is 9.59 Å². The molecule has 2 amide bonds. The van der Waals surface area contributed by atoms with Crippen molar-refractivity contribution in [3.05, 3.63) is 40.6 Å². The van der Waals surface area contributed by atoms with E-state index in [2.05, 4.69) is 10.6 Å². The highest BCUT2D eigenvalue weighted by atomic mass is 32.2. The Labute approximate surface area is 130 Å². The number of nitrogens with one attached hydrogen (secondary N) is 2. The molecule has 1 aliphatic rings. The second-order valence-electron chi connectivity index (χ2n) is 4.68. The predicted octanol–water partition coefficient (Wildman–Crippen LogP) is 3.36. The van der Waals surface area contributed by atoms with E-state index in [1.807, 2.05) is 35.7 Å². The maximum atomic E-state index is 11.9. The molecule has 1 aromatic carbocycles. The lowest BCUT2D eigenvalue weighted by Gasteiger charge is -2.17. The van der Waals surface area contributed by atoms with Crippen molar-refractivity contribution in [2.24, 2.45) is 0 Å². The van der Waals surface area contributed by atoms with Crippen molar-refractivity contribution in [1.29, 1.82) is 0 Å². The summed E-state index contributed by atoms with van der Waals surface area (Å²) in [5, 5.41) is 7.70. The Kier molecular flexibility index (Phi) is 4.26. The number of thioether (sulfide) groups is 1. The molecule has 0 fully saturated rings. The van der Waals surface area contributed by atoms with E-state index in [-0.39, 0.29) is 11.8 Å². The zero-order chi connectivity index (χ0) is 14.7. The average molecular weight is 318 g/mol. The molecule has 0 saturated heterocycles. The maximum Gasteiger partial charge on any atom is 0.234 e. The van der Waals surface area contributed by atoms with Crippen LogP contribution in [-0.4, -0.2) is 17.6 Å². The number of aryl methyl sites for hydroxylation is 1. The Morgan fingerprint density at radius 1 is 1.33 bits per heavy atom. The van der Waals surface area contributed by atoms with E-state index in [1.165, 1.54) is 16.6 Å². The molecule has 2 aromatic rings. The molecule has 6 heteroatoms. The maximum absolute atomic E-state index is 11.9. The minimum atomic E-state index is -0.0156. The molecule has 2 heterocycles. The molecular weight excluding hydrogens is 304 g/mol. The van der Waals surface area contributed by atoms with Gasteiger partial charge in [-0.3, -0.25) is 9.59 Å². The lowest BCUT2D eigenvalue weighted by Crippen LogP contribution is -2.19. The van der Waals surface area contributed by atoms with Gasteiger partial charge in [-0.1, -0.05) is 6.07 Å². The van der Waals surface area contributed by atoms with Crippen LogP contribution in [0.15, 0.2) is 40.6 Å². The minimum Gasteiger partial charge on any atom is -0.326 e. The fourth-order valence-electron chi connectivity index (χ4n) is 2.08. The number of benzene rings is 1. The topological polar surface area (TPSA) is 58.2 Å². The van der Waals surface area contributed by atoms with Gasteiger partial charge in [-0.25, -0.2) is 0 Å². The van der Waals surface area contributed by atoms with Crippen molar-refractivity contribution in [1.82, 2.24) is 0 Å². The number of rotatable bonds is 4. The van der Waals surface area contributed by atoms with Gasteiger partial charge in [0.25, 0.3) is 0 Å². The smallest absolute Gasteiger partial charge is 0.234 e. The molecule has 1 aliphatic heterocycles. The largest absolute Gasteiger partial charge is 0.326 e. The second-order valence-corrected chi connectivity index (χ2v) is 6.72. The Morgan fingerprint density at radius 2 is 2.24 bits per heavy atom. The predicted molar refractivity (Wildman–Crippen MR) is 87.1 cm³/mol. The third-order valence-electron chi connectivity index (χ3n) is 3.07. The van der Waals surface area contributed by atoms with Crippen molar-refractivity contribution in [2.75, 3.05) is 16.4 Å². The molecule has 0 spiro atoms. The van der Waals surface area contributed by atoms with Crippen molar-refractivity contribution >= 4 is 46.3 Å². The molecular formula is C15H14N2O2S2. The van der Waals surface area contributed by atoms with E-state index in [4.69, 9.17) is 0 Å². The summed E-state index contributed by atoms with van der Waals surface area (Å²) in [5.41, 5.74) is 1.49. The minimum absolute atomic E-state index is 0.00586. The van der Waals surface area contributed by atoms with Crippen molar-refractivity contribution in [3.8, 4) is 0 Å². The van der Waals surface area contributed by atoms with Crippen molar-refractivity contribution < 1.29 is 9.59 Å². The molecule has 108 valence electrons. The van der Waals surface area contributed by atoms with Crippen LogP contribution >= 0.6 is 23.1 Å². The Bertz CT molecular complexity index is 668. The zero-order valence-corrected chi connectivity index (χ0v) is 12.9. The number of amides is 2. The highest BCUT2D eigenvalue weighted by Gasteiger charge is 2.15. The lowest BCUT2D eigenvalue weighted by molar-refractivity contribution is -0.116. The van der Waals surface area contributed by atoms with Crippen LogP contribution in [-0.2, 0) is 16.0 Å². The summed E-state index contributed by atoms with van der Waals surface area (Å²) in [6.07, 6.45) is 1.21. The number of hydrogen-bond acceptors (Lipinski definition) is 4. The normalized spacial score (nSPS) is 13.4. The Hall–Kier alpha value is -1.79. The van der Waals surface area contributed by atoms with Crippen molar-refractivity contribution in [3.63, 3.8) is 0 Å². The van der Waals surface area contributed by atoms with Crippen LogP contribution in [0.4, 0.5) is 11.4 Å². The highest BCUT2D eigenvalue weighted by molar-refractivity contribution is 8.00. The molecule has 1 aromatic heterocycles. The third-order valence-corrected chi connectivity index (χ3v) is 5.08. The average Bonchev–Trinajstić information content (AvgIpc) is 2.98. The zero-order valence-electron chi connectivity index (χ0n) is 11.2. The SMILES string of the molecule is O=C(CCc1cccs1)Nc1ccc2c(c1)NC(=O)CS2. The van der Waals surface area contributed by atoms with Gasteiger partial charge in [-0.05, 0) is 36.1 Å². The molecule has 0 saturated carbocycles. The third kappa shape index (κ3) is 3.65. The molecule has 3 rings (SSSR count). The summed E-state index contributed by atoms with van der Waals surface area (Å²) in [4.78, 5) is 25.6. The van der Waals surface area contributed by atoms with Crippen LogP contribution in [0.3, 0.4) is 0 Å². The van der Waals surface area contributed by atoms with Gasteiger partial charge in [-0.2, -0.15) is 0 Å². The molecule has 4 nitrogen and oxygen atoms in total. The first-order valence-corrected chi connectivity index (χ1v) is 8.46. The molecule has 0 bridgehead atoms. The summed E-state index contributed by atoms with van der Waals surface area (Å²) in [7, 11) is 0. The quantitative estimate of drug-likeness (QED) is 0.909. The molecule has 0 radical (unpaired) electrons. The summed E-state index contributed by atoms with van der Waals surface area (Å²) in [5.74, 6) is 0.422. The van der Waals surface area contributed by atoms with E-state index in [0.717, 1.165) is 17.0 Å². The van der Waals surface area contributed by atoms with E-state index < -0.39 is 0 Å². The first-order valence-electron chi connectivity index (χ1n) is 6.59. The van der Waals surface area contributed by atoms with Gasteiger partial charge < -0.3 is 10.6 Å². The van der Waals surface area contributed by atoms with Crippen LogP contribution in [0, 0.1) is 0 Å². The van der Waals surface area contributed by atoms with Gasteiger partial charge >= 0.3 is 0 Å². The summed E-state index contributed by atoms with van der Waals surface area (Å²) >= 11 is 3.17. The fraction of sp³-hybridized carbons (Fsp3) is 0.200. The molecule has 0 aliphatic carbocycles. The molecule has 0 unspecified atom stereocenters. The van der Waals surface area contributed by atoms with Gasteiger partial charge in [0.15, 0.2) is 0 Å². The van der Waals surface area contributed by atoms with Gasteiger partial charge in [-0.15, -0.1) is 23.1 Å². The van der Waals surface area contributed by atoms with E-state index in [1.54, 1.807) is 11.3 Å². The Balaban J connectivity index is 1.61. The standard InChI is InChI=1S/C15H14N2O2S2/c18-14(6-4-11-2-1-7-20-11)16-10-3-5-13-12(8-10)17-15(19)9-21-13/h1-3,5,7-8H,4,6,9H2,(H,16,18)(H,17,19). The lowest BCUT2D eigenvalue weighted by atomic mass is 10.2. The number of hydrogen-bond donors (Lipinski definition) is 2. The van der Waals surface area contributed by atoms with Crippen LogP contribution in [0.1, 0.15) is 11.3 Å². The van der Waals surface area contributed by atoms with E-state index in [0.29, 0.717) is 17.9 Å².